The number of nitrogens with zero attached hydrogens (tertiary/aromatic N) is 3. The van der Waals surface area contributed by atoms with Crippen LogP contribution in [0.4, 0.5) is 17.1 Å². The predicted molar refractivity (Wildman–Crippen MR) is 126 cm³/mol. The Kier molecular flexibility index (Phi) is 6.28. The first-order valence-electron chi connectivity index (χ1n) is 11.2. The highest BCUT2D eigenvalue weighted by Crippen LogP contribution is 2.28. The summed E-state index contributed by atoms with van der Waals surface area (Å²) in [5.41, 5.74) is 5.16. The smallest absolute Gasteiger partial charge is 0.229 e. The molecule has 2 aromatic carbocycles. The van der Waals surface area contributed by atoms with Gasteiger partial charge in [0.25, 0.3) is 0 Å². The molecule has 6 nitrogen and oxygen atoms in total. The lowest BCUT2D eigenvalue weighted by molar-refractivity contribution is -0.122. The Labute approximate surface area is 184 Å². The SMILES string of the molecule is CCc1ccc(N2CC(C(=O)Nc3ccc(N4CCN(C)CC4)cc3C)CC2=O)cc1. The van der Waals surface area contributed by atoms with Crippen molar-refractivity contribution in [2.75, 3.05) is 54.9 Å². The first-order valence-corrected chi connectivity index (χ1v) is 11.2. The van der Waals surface area contributed by atoms with Crippen LogP contribution in [0.1, 0.15) is 24.5 Å². The summed E-state index contributed by atoms with van der Waals surface area (Å²) in [6.07, 6.45) is 1.21. The quantitative estimate of drug-likeness (QED) is 0.806. The van der Waals surface area contributed by atoms with Crippen LogP contribution >= 0.6 is 0 Å². The van der Waals surface area contributed by atoms with Gasteiger partial charge < -0.3 is 20.0 Å². The van der Waals surface area contributed by atoms with Crippen molar-refractivity contribution in [1.29, 1.82) is 0 Å². The van der Waals surface area contributed by atoms with E-state index in [0.717, 1.165) is 49.5 Å². The molecule has 2 aliphatic heterocycles. The minimum Gasteiger partial charge on any atom is -0.369 e. The van der Waals surface area contributed by atoms with Crippen LogP contribution in [-0.4, -0.2) is 56.5 Å². The molecule has 2 amide bonds. The Hall–Kier alpha value is -2.86. The molecule has 0 saturated carbocycles. The molecule has 2 saturated heterocycles. The molecule has 2 aromatic rings. The van der Waals surface area contributed by atoms with E-state index in [1.54, 1.807) is 4.90 Å². The third-order valence-electron chi connectivity index (χ3n) is 6.49. The number of nitrogens with one attached hydrogen (secondary N) is 1. The molecule has 0 bridgehead atoms. The molecule has 2 fully saturated rings. The second-order valence-corrected chi connectivity index (χ2v) is 8.70. The minimum absolute atomic E-state index is 0.00605. The number of carbonyl (C=O) groups excluding carboxylic acids is 2. The number of benzene rings is 2. The van der Waals surface area contributed by atoms with E-state index in [4.69, 9.17) is 0 Å². The number of carbonyl (C=O) groups is 2. The van der Waals surface area contributed by atoms with Crippen molar-refractivity contribution in [3.63, 3.8) is 0 Å². The number of likely N-dealkylation sites (N-methyl/N-ethyl adjacent to an activating group) is 1. The second-order valence-electron chi connectivity index (χ2n) is 8.70. The molecule has 0 aliphatic carbocycles. The van der Waals surface area contributed by atoms with E-state index in [9.17, 15) is 9.59 Å². The molecule has 4 rings (SSSR count). The summed E-state index contributed by atoms with van der Waals surface area (Å²) >= 11 is 0. The maximum Gasteiger partial charge on any atom is 0.229 e. The molecule has 0 aromatic heterocycles. The van der Waals surface area contributed by atoms with Gasteiger partial charge in [0.2, 0.25) is 11.8 Å². The molecule has 164 valence electrons. The Morgan fingerprint density at radius 2 is 1.71 bits per heavy atom. The van der Waals surface area contributed by atoms with Gasteiger partial charge in [-0.2, -0.15) is 0 Å². The summed E-state index contributed by atoms with van der Waals surface area (Å²) in [6, 6.07) is 14.2. The number of hydrogen-bond donors (Lipinski definition) is 1. The van der Waals surface area contributed by atoms with Crippen molar-refractivity contribution in [2.45, 2.75) is 26.7 Å². The first-order chi connectivity index (χ1) is 14.9. The van der Waals surface area contributed by atoms with Gasteiger partial charge in [-0.25, -0.2) is 0 Å². The average molecular weight is 421 g/mol. The van der Waals surface area contributed by atoms with Gasteiger partial charge in [-0.3, -0.25) is 9.59 Å². The van der Waals surface area contributed by atoms with Crippen molar-refractivity contribution in [1.82, 2.24) is 4.90 Å². The van der Waals surface area contributed by atoms with E-state index in [1.807, 2.05) is 37.3 Å². The third kappa shape index (κ3) is 4.74. The highest BCUT2D eigenvalue weighted by atomic mass is 16.2. The van der Waals surface area contributed by atoms with Crippen LogP contribution in [0.5, 0.6) is 0 Å². The molecule has 31 heavy (non-hydrogen) atoms. The highest BCUT2D eigenvalue weighted by Gasteiger charge is 2.35. The molecule has 0 radical (unpaired) electrons. The Balaban J connectivity index is 1.39. The monoisotopic (exact) mass is 420 g/mol. The van der Waals surface area contributed by atoms with Gasteiger partial charge in [-0.15, -0.1) is 0 Å². The zero-order chi connectivity index (χ0) is 22.0. The summed E-state index contributed by atoms with van der Waals surface area (Å²) < 4.78 is 0. The highest BCUT2D eigenvalue weighted by molar-refractivity contribution is 6.03. The Morgan fingerprint density at radius 1 is 1.03 bits per heavy atom. The van der Waals surface area contributed by atoms with E-state index >= 15 is 0 Å². The van der Waals surface area contributed by atoms with Gasteiger partial charge in [-0.05, 0) is 61.9 Å². The lowest BCUT2D eigenvalue weighted by Crippen LogP contribution is -2.44. The molecule has 1 N–H and O–H groups in total. The zero-order valence-corrected chi connectivity index (χ0v) is 18.7. The van der Waals surface area contributed by atoms with Crippen LogP contribution in [0.2, 0.25) is 0 Å². The Bertz CT molecular complexity index is 948. The van der Waals surface area contributed by atoms with Crippen LogP contribution in [-0.2, 0) is 16.0 Å². The summed E-state index contributed by atoms with van der Waals surface area (Å²) in [7, 11) is 2.15. The predicted octanol–water partition coefficient (Wildman–Crippen LogP) is 3.30. The molecule has 1 unspecified atom stereocenters. The van der Waals surface area contributed by atoms with Crippen molar-refractivity contribution in [3.8, 4) is 0 Å². The molecule has 2 heterocycles. The van der Waals surface area contributed by atoms with E-state index in [0.29, 0.717) is 6.54 Å². The zero-order valence-electron chi connectivity index (χ0n) is 18.7. The van der Waals surface area contributed by atoms with Crippen LogP contribution in [0.3, 0.4) is 0 Å². The molecule has 1 atom stereocenters. The van der Waals surface area contributed by atoms with Gasteiger partial charge in [0.15, 0.2) is 0 Å². The van der Waals surface area contributed by atoms with E-state index in [-0.39, 0.29) is 24.2 Å². The number of anilines is 3. The molecule has 0 spiro atoms. The van der Waals surface area contributed by atoms with Crippen LogP contribution in [0.15, 0.2) is 42.5 Å². The second kappa shape index (κ2) is 9.10. The lowest BCUT2D eigenvalue weighted by atomic mass is 10.1. The van der Waals surface area contributed by atoms with Crippen molar-refractivity contribution >= 4 is 28.9 Å². The minimum atomic E-state index is -0.338. The summed E-state index contributed by atoms with van der Waals surface area (Å²) in [5, 5.41) is 3.06. The molecular formula is C25H32N4O2. The number of rotatable bonds is 5. The lowest BCUT2D eigenvalue weighted by Gasteiger charge is -2.34. The third-order valence-corrected chi connectivity index (χ3v) is 6.49. The van der Waals surface area contributed by atoms with Crippen LogP contribution in [0.25, 0.3) is 0 Å². The average Bonchev–Trinajstić information content (AvgIpc) is 3.17. The largest absolute Gasteiger partial charge is 0.369 e. The van der Waals surface area contributed by atoms with Crippen molar-refractivity contribution in [2.24, 2.45) is 5.92 Å². The maximum absolute atomic E-state index is 12.9. The number of hydrogen-bond acceptors (Lipinski definition) is 4. The Morgan fingerprint density at radius 3 is 2.35 bits per heavy atom. The van der Waals surface area contributed by atoms with Crippen LogP contribution in [0, 0.1) is 12.8 Å². The van der Waals surface area contributed by atoms with Crippen molar-refractivity contribution in [3.05, 3.63) is 53.6 Å². The van der Waals surface area contributed by atoms with Crippen LogP contribution < -0.4 is 15.1 Å². The number of aryl methyl sites for hydroxylation is 2. The standard InChI is InChI=1S/C25H32N4O2/c1-4-19-5-7-21(8-6-19)29-17-20(16-24(29)30)25(31)26-23-10-9-22(15-18(23)2)28-13-11-27(3)12-14-28/h5-10,15,20H,4,11-14,16-17H2,1-3H3,(H,26,31). The number of piperazine rings is 1. The van der Waals surface area contributed by atoms with E-state index in [2.05, 4.69) is 41.2 Å². The van der Waals surface area contributed by atoms with Crippen molar-refractivity contribution < 1.29 is 9.59 Å². The molecule has 2 aliphatic rings. The fourth-order valence-corrected chi connectivity index (χ4v) is 4.33. The topological polar surface area (TPSA) is 55.9 Å². The summed E-state index contributed by atoms with van der Waals surface area (Å²) in [6.45, 7) is 8.71. The molecular weight excluding hydrogens is 388 g/mol. The van der Waals surface area contributed by atoms with Gasteiger partial charge in [0.05, 0.1) is 5.92 Å². The van der Waals surface area contributed by atoms with E-state index in [1.165, 1.54) is 11.3 Å². The summed E-state index contributed by atoms with van der Waals surface area (Å²) in [4.78, 5) is 31.9. The van der Waals surface area contributed by atoms with Gasteiger partial charge >= 0.3 is 0 Å². The van der Waals surface area contributed by atoms with Gasteiger partial charge in [-0.1, -0.05) is 19.1 Å². The van der Waals surface area contributed by atoms with Gasteiger partial charge in [0.1, 0.15) is 0 Å². The fraction of sp³-hybridized carbons (Fsp3) is 0.440. The summed E-state index contributed by atoms with van der Waals surface area (Å²) in [5.74, 6) is -0.418. The van der Waals surface area contributed by atoms with E-state index < -0.39 is 0 Å². The number of amides is 2. The first kappa shape index (κ1) is 21.4. The van der Waals surface area contributed by atoms with Gasteiger partial charge in [0, 0.05) is 56.2 Å². The fourth-order valence-electron chi connectivity index (χ4n) is 4.33. The molecule has 6 heteroatoms. The maximum atomic E-state index is 12.9. The normalized spacial score (nSPS) is 19.7.